The smallest absolute Gasteiger partial charge is 0.228 e. The summed E-state index contributed by atoms with van der Waals surface area (Å²) in [5.74, 6) is 1.85. The quantitative estimate of drug-likeness (QED) is 0.497. The number of aliphatic imine (C=N–C) groups is 1. The summed E-state index contributed by atoms with van der Waals surface area (Å²) < 4.78 is 5.30. The lowest BCUT2D eigenvalue weighted by atomic mass is 10.2. The SMILES string of the molecule is CN=C(NCCc1nc(-c2cccc(Cl)c2)no1)NCc1ccc(C)s1. The fraction of sp³-hybridized carbons (Fsp3) is 0.278. The number of hydrogen-bond donors (Lipinski definition) is 2. The minimum absolute atomic E-state index is 0.540. The second-order valence-corrected chi connectivity index (χ2v) is 7.45. The zero-order valence-corrected chi connectivity index (χ0v) is 16.2. The predicted molar refractivity (Wildman–Crippen MR) is 106 cm³/mol. The topological polar surface area (TPSA) is 75.3 Å². The maximum Gasteiger partial charge on any atom is 0.228 e. The Balaban J connectivity index is 1.48. The second-order valence-electron chi connectivity index (χ2n) is 5.64. The third kappa shape index (κ3) is 5.06. The second kappa shape index (κ2) is 8.82. The third-order valence-electron chi connectivity index (χ3n) is 3.63. The van der Waals surface area contributed by atoms with Gasteiger partial charge in [-0.1, -0.05) is 28.9 Å². The lowest BCUT2D eigenvalue weighted by Crippen LogP contribution is -2.37. The molecule has 26 heavy (non-hydrogen) atoms. The van der Waals surface area contributed by atoms with Crippen molar-refractivity contribution < 1.29 is 4.52 Å². The number of halogens is 1. The minimum atomic E-state index is 0.540. The van der Waals surface area contributed by atoms with Crippen LogP contribution in [0.2, 0.25) is 5.02 Å². The molecule has 0 fully saturated rings. The van der Waals surface area contributed by atoms with Crippen molar-refractivity contribution in [2.24, 2.45) is 4.99 Å². The molecule has 0 aliphatic carbocycles. The number of hydrogen-bond acceptors (Lipinski definition) is 5. The molecule has 0 unspecified atom stereocenters. The molecule has 0 spiro atoms. The van der Waals surface area contributed by atoms with Crippen molar-refractivity contribution in [3.63, 3.8) is 0 Å². The van der Waals surface area contributed by atoms with Crippen molar-refractivity contribution in [3.05, 3.63) is 57.1 Å². The highest BCUT2D eigenvalue weighted by Gasteiger charge is 2.09. The summed E-state index contributed by atoms with van der Waals surface area (Å²) >= 11 is 7.77. The fourth-order valence-corrected chi connectivity index (χ4v) is 3.38. The zero-order valence-electron chi connectivity index (χ0n) is 14.6. The van der Waals surface area contributed by atoms with E-state index in [1.54, 1.807) is 18.4 Å². The molecule has 0 saturated heterocycles. The molecule has 0 bridgehead atoms. The molecule has 1 aromatic carbocycles. The summed E-state index contributed by atoms with van der Waals surface area (Å²) in [6.07, 6.45) is 0.604. The predicted octanol–water partition coefficient (Wildman–Crippen LogP) is 3.67. The largest absolute Gasteiger partial charge is 0.356 e. The Hall–Kier alpha value is -2.38. The van der Waals surface area contributed by atoms with E-state index >= 15 is 0 Å². The van der Waals surface area contributed by atoms with E-state index in [-0.39, 0.29) is 0 Å². The van der Waals surface area contributed by atoms with Gasteiger partial charge >= 0.3 is 0 Å². The van der Waals surface area contributed by atoms with Crippen LogP contribution in [-0.4, -0.2) is 29.7 Å². The van der Waals surface area contributed by atoms with Gasteiger partial charge in [0.2, 0.25) is 11.7 Å². The van der Waals surface area contributed by atoms with E-state index in [1.165, 1.54) is 9.75 Å². The Kier molecular flexibility index (Phi) is 6.25. The first-order valence-corrected chi connectivity index (χ1v) is 9.42. The van der Waals surface area contributed by atoms with E-state index in [0.29, 0.717) is 29.7 Å². The summed E-state index contributed by atoms with van der Waals surface area (Å²) in [5.41, 5.74) is 0.837. The van der Waals surface area contributed by atoms with Gasteiger partial charge in [0.25, 0.3) is 0 Å². The number of thiophene rings is 1. The normalized spacial score (nSPS) is 11.6. The maximum absolute atomic E-state index is 6.00. The van der Waals surface area contributed by atoms with E-state index in [2.05, 4.69) is 44.8 Å². The molecular formula is C18H20ClN5OS. The van der Waals surface area contributed by atoms with Crippen LogP contribution in [0.5, 0.6) is 0 Å². The molecule has 3 rings (SSSR count). The molecule has 2 aromatic heterocycles. The van der Waals surface area contributed by atoms with Gasteiger partial charge in [-0.05, 0) is 31.2 Å². The number of aromatic nitrogens is 2. The van der Waals surface area contributed by atoms with Crippen LogP contribution in [0, 0.1) is 6.92 Å². The number of nitrogens with zero attached hydrogens (tertiary/aromatic N) is 3. The van der Waals surface area contributed by atoms with E-state index in [9.17, 15) is 0 Å². The van der Waals surface area contributed by atoms with Crippen LogP contribution in [-0.2, 0) is 13.0 Å². The van der Waals surface area contributed by atoms with Crippen LogP contribution in [0.4, 0.5) is 0 Å². The van der Waals surface area contributed by atoms with E-state index in [1.807, 2.05) is 24.3 Å². The zero-order chi connectivity index (χ0) is 18.4. The van der Waals surface area contributed by atoms with Gasteiger partial charge in [0.15, 0.2) is 5.96 Å². The van der Waals surface area contributed by atoms with E-state index in [4.69, 9.17) is 16.1 Å². The molecule has 0 aliphatic rings. The van der Waals surface area contributed by atoms with Crippen molar-refractivity contribution in [3.8, 4) is 11.4 Å². The Bertz CT molecular complexity index is 889. The molecule has 0 amide bonds. The summed E-state index contributed by atoms with van der Waals surface area (Å²) in [6.45, 7) is 3.49. The summed E-state index contributed by atoms with van der Waals surface area (Å²) in [4.78, 5) is 11.2. The molecule has 0 radical (unpaired) electrons. The van der Waals surface area contributed by atoms with Crippen molar-refractivity contribution >= 4 is 28.9 Å². The highest BCUT2D eigenvalue weighted by Crippen LogP contribution is 2.20. The number of aryl methyl sites for hydroxylation is 1. The van der Waals surface area contributed by atoms with Crippen LogP contribution in [0.3, 0.4) is 0 Å². The first-order chi connectivity index (χ1) is 12.6. The van der Waals surface area contributed by atoms with Crippen molar-refractivity contribution in [1.29, 1.82) is 0 Å². The Morgan fingerprint density at radius 3 is 2.88 bits per heavy atom. The van der Waals surface area contributed by atoms with Gasteiger partial charge in [0.1, 0.15) is 0 Å². The molecule has 6 nitrogen and oxygen atoms in total. The first kappa shape index (κ1) is 18.4. The molecule has 8 heteroatoms. The lowest BCUT2D eigenvalue weighted by molar-refractivity contribution is 0.378. The average molecular weight is 390 g/mol. The Morgan fingerprint density at radius 2 is 2.15 bits per heavy atom. The number of rotatable bonds is 6. The van der Waals surface area contributed by atoms with Gasteiger partial charge in [-0.25, -0.2) is 0 Å². The van der Waals surface area contributed by atoms with E-state index < -0.39 is 0 Å². The number of guanidine groups is 1. The van der Waals surface area contributed by atoms with Gasteiger partial charge in [0, 0.05) is 40.4 Å². The fourth-order valence-electron chi connectivity index (χ4n) is 2.36. The lowest BCUT2D eigenvalue weighted by Gasteiger charge is -2.10. The summed E-state index contributed by atoms with van der Waals surface area (Å²) in [5, 5.41) is 11.2. The van der Waals surface area contributed by atoms with Crippen LogP contribution < -0.4 is 10.6 Å². The summed E-state index contributed by atoms with van der Waals surface area (Å²) in [7, 11) is 1.75. The molecule has 3 aromatic rings. The minimum Gasteiger partial charge on any atom is -0.356 e. The van der Waals surface area contributed by atoms with Crippen LogP contribution in [0.1, 0.15) is 15.6 Å². The van der Waals surface area contributed by atoms with Crippen LogP contribution >= 0.6 is 22.9 Å². The van der Waals surface area contributed by atoms with Crippen LogP contribution in [0.25, 0.3) is 11.4 Å². The van der Waals surface area contributed by atoms with Crippen molar-refractivity contribution in [2.45, 2.75) is 19.9 Å². The molecule has 136 valence electrons. The molecule has 2 N–H and O–H groups in total. The van der Waals surface area contributed by atoms with Gasteiger partial charge in [-0.2, -0.15) is 4.98 Å². The maximum atomic E-state index is 6.00. The molecule has 0 atom stereocenters. The van der Waals surface area contributed by atoms with Crippen molar-refractivity contribution in [1.82, 2.24) is 20.8 Å². The first-order valence-electron chi connectivity index (χ1n) is 8.22. The third-order valence-corrected chi connectivity index (χ3v) is 4.87. The summed E-state index contributed by atoms with van der Waals surface area (Å²) in [6, 6.07) is 11.6. The molecule has 0 aliphatic heterocycles. The van der Waals surface area contributed by atoms with Crippen molar-refractivity contribution in [2.75, 3.05) is 13.6 Å². The monoisotopic (exact) mass is 389 g/mol. The Morgan fingerprint density at radius 1 is 1.27 bits per heavy atom. The average Bonchev–Trinajstić information content (AvgIpc) is 3.27. The number of benzene rings is 1. The van der Waals surface area contributed by atoms with Gasteiger partial charge in [-0.3, -0.25) is 4.99 Å². The van der Waals surface area contributed by atoms with Gasteiger partial charge in [0.05, 0.1) is 6.54 Å². The molecule has 0 saturated carbocycles. The molecule has 2 heterocycles. The van der Waals surface area contributed by atoms with Gasteiger partial charge < -0.3 is 15.2 Å². The standard InChI is InChI=1S/C18H20ClN5OS/c1-12-6-7-15(26-12)11-22-18(20-2)21-9-8-16-23-17(24-25-16)13-4-3-5-14(19)10-13/h3-7,10H,8-9,11H2,1-2H3,(H2,20,21,22). The molecular weight excluding hydrogens is 370 g/mol. The van der Waals surface area contributed by atoms with E-state index in [0.717, 1.165) is 18.1 Å². The highest BCUT2D eigenvalue weighted by molar-refractivity contribution is 7.11. The number of nitrogens with one attached hydrogen (secondary N) is 2. The van der Waals surface area contributed by atoms with Gasteiger partial charge in [-0.15, -0.1) is 11.3 Å². The van der Waals surface area contributed by atoms with Crippen LogP contribution in [0.15, 0.2) is 45.9 Å². The highest BCUT2D eigenvalue weighted by atomic mass is 35.5. The Labute approximate surface area is 161 Å².